The average molecular weight is 726 g/mol. The van der Waals surface area contributed by atoms with Crippen molar-refractivity contribution in [2.45, 2.75) is 12.8 Å². The van der Waals surface area contributed by atoms with Gasteiger partial charge in [0.05, 0.1) is 33.1 Å². The zero-order valence-corrected chi connectivity index (χ0v) is 31.2. The predicted octanol–water partition coefficient (Wildman–Crippen LogP) is 14.0. The Morgan fingerprint density at radius 1 is 0.333 bits per heavy atom. The summed E-state index contributed by atoms with van der Waals surface area (Å²) >= 11 is 0. The highest BCUT2D eigenvalue weighted by Crippen LogP contribution is 2.44. The fourth-order valence-corrected chi connectivity index (χ4v) is 10.2. The number of rotatable bonds is 4. The molecule has 57 heavy (non-hydrogen) atoms. The molecule has 1 aliphatic carbocycles. The molecule has 3 heteroatoms. The van der Waals surface area contributed by atoms with Crippen molar-refractivity contribution >= 4 is 82.5 Å². The fourth-order valence-electron chi connectivity index (χ4n) is 10.2. The quantitative estimate of drug-likeness (QED) is 0.172. The van der Waals surface area contributed by atoms with E-state index in [9.17, 15) is 0 Å². The lowest BCUT2D eigenvalue weighted by atomic mass is 9.90. The molecule has 0 saturated carbocycles. The molecule has 8 aromatic carbocycles. The van der Waals surface area contributed by atoms with E-state index in [0.717, 1.165) is 12.8 Å². The van der Waals surface area contributed by atoms with Crippen molar-refractivity contribution in [3.63, 3.8) is 0 Å². The zero-order valence-electron chi connectivity index (χ0n) is 31.2. The van der Waals surface area contributed by atoms with E-state index in [1.54, 1.807) is 0 Å². The van der Waals surface area contributed by atoms with Crippen LogP contribution in [0, 0.1) is 0 Å². The largest absolute Gasteiger partial charge is 0.313 e. The first-order valence-electron chi connectivity index (χ1n) is 20.0. The number of hydrogen-bond donors (Lipinski definition) is 0. The number of allylic oxidation sites excluding steroid dienone is 1. The van der Waals surface area contributed by atoms with Crippen LogP contribution in [0.3, 0.4) is 0 Å². The first kappa shape index (κ1) is 30.9. The van der Waals surface area contributed by atoms with E-state index in [1.807, 2.05) is 0 Å². The summed E-state index contributed by atoms with van der Waals surface area (Å²) in [5, 5.41) is 9.07. The van der Waals surface area contributed by atoms with E-state index in [0.29, 0.717) is 0 Å². The minimum atomic E-state index is 0.988. The number of fused-ring (bicyclic) bond motifs is 12. The van der Waals surface area contributed by atoms with Gasteiger partial charge in [-0.1, -0.05) is 103 Å². The summed E-state index contributed by atoms with van der Waals surface area (Å²) in [6, 6.07) is 67.3. The molecule has 0 aliphatic heterocycles. The van der Waals surface area contributed by atoms with Crippen LogP contribution in [0.2, 0.25) is 0 Å². The van der Waals surface area contributed by atoms with Crippen molar-refractivity contribution < 1.29 is 0 Å². The maximum atomic E-state index is 2.47. The summed E-state index contributed by atoms with van der Waals surface area (Å²) in [5.41, 5.74) is 17.8. The summed E-state index contributed by atoms with van der Waals surface area (Å²) in [4.78, 5) is 0. The van der Waals surface area contributed by atoms with Gasteiger partial charge in [0.15, 0.2) is 0 Å². The molecule has 0 unspecified atom stereocenters. The Morgan fingerprint density at radius 3 is 1.47 bits per heavy atom. The molecule has 4 aromatic heterocycles. The van der Waals surface area contributed by atoms with E-state index < -0.39 is 0 Å². The van der Waals surface area contributed by atoms with Gasteiger partial charge in [-0.2, -0.15) is 0 Å². The Hall–Kier alpha value is -7.36. The van der Waals surface area contributed by atoms with Crippen molar-refractivity contribution in [1.29, 1.82) is 0 Å². The molecule has 0 amide bonds. The maximum absolute atomic E-state index is 2.47. The van der Waals surface area contributed by atoms with Gasteiger partial charge in [-0.15, -0.1) is 0 Å². The fraction of sp³-hybridized carbons (Fsp3) is 0.0370. The topological polar surface area (TPSA) is 14.3 Å². The molecule has 0 saturated heterocycles. The van der Waals surface area contributed by atoms with Crippen LogP contribution >= 0.6 is 0 Å². The number of aromatic nitrogens is 3. The van der Waals surface area contributed by atoms with Crippen molar-refractivity contribution in [3.8, 4) is 22.5 Å². The van der Waals surface area contributed by atoms with Crippen molar-refractivity contribution in [1.82, 2.24) is 13.5 Å². The molecular weight excluding hydrogens is 691 g/mol. The number of nitrogens with zero attached hydrogens (tertiary/aromatic N) is 3. The van der Waals surface area contributed by atoms with Crippen LogP contribution in [0.15, 0.2) is 182 Å². The second-order valence-electron chi connectivity index (χ2n) is 15.6. The number of para-hydroxylation sites is 5. The van der Waals surface area contributed by atoms with Crippen LogP contribution in [0.5, 0.6) is 0 Å². The van der Waals surface area contributed by atoms with Gasteiger partial charge >= 0.3 is 0 Å². The predicted molar refractivity (Wildman–Crippen MR) is 240 cm³/mol. The smallest absolute Gasteiger partial charge is 0.0620 e. The molecule has 266 valence electrons. The van der Waals surface area contributed by atoms with Gasteiger partial charge in [-0.05, 0) is 120 Å². The standard InChI is InChI=1S/C54H35N3/c1-3-13-38(14-4-1)55-48-20-10-7-17-40(48)43-29-34(23-26-51(43)55)35-24-27-52-44(30-35)45-31-36(25-28-53(45)56(52)39-15-5-2-6-16-39)37-32-46-41-18-8-11-21-49(41)57-50-22-12-9-19-42(50)47(33-37)54(46)57/h1-22,24-25,27-33H,23,26H2. The lowest BCUT2D eigenvalue weighted by Crippen LogP contribution is -2.05. The van der Waals surface area contributed by atoms with Crippen molar-refractivity contribution in [3.05, 3.63) is 199 Å². The Bertz CT molecular complexity index is 3530. The van der Waals surface area contributed by atoms with E-state index in [1.165, 1.54) is 116 Å². The molecule has 0 radical (unpaired) electrons. The monoisotopic (exact) mass is 725 g/mol. The van der Waals surface area contributed by atoms with Crippen LogP contribution in [0.4, 0.5) is 0 Å². The molecule has 0 N–H and O–H groups in total. The third-order valence-corrected chi connectivity index (χ3v) is 12.7. The van der Waals surface area contributed by atoms with Crippen LogP contribution in [0.1, 0.15) is 23.2 Å². The molecule has 1 aliphatic rings. The van der Waals surface area contributed by atoms with Crippen LogP contribution in [0.25, 0.3) is 105 Å². The number of hydrogen-bond acceptors (Lipinski definition) is 0. The average Bonchev–Trinajstić information content (AvgIpc) is 4.00. The van der Waals surface area contributed by atoms with Gasteiger partial charge in [0.2, 0.25) is 0 Å². The Kier molecular flexibility index (Phi) is 6.28. The van der Waals surface area contributed by atoms with Gasteiger partial charge < -0.3 is 13.5 Å². The maximum Gasteiger partial charge on any atom is 0.0620 e. The molecular formula is C54H35N3. The van der Waals surface area contributed by atoms with E-state index in [-0.39, 0.29) is 0 Å². The first-order valence-corrected chi connectivity index (χ1v) is 20.0. The molecule has 13 rings (SSSR count). The highest BCUT2D eigenvalue weighted by Gasteiger charge is 2.23. The Balaban J connectivity index is 1.03. The Labute approximate surface area is 328 Å². The molecule has 0 fully saturated rings. The molecule has 4 heterocycles. The van der Waals surface area contributed by atoms with Gasteiger partial charge in [-0.3, -0.25) is 0 Å². The molecule has 0 atom stereocenters. The van der Waals surface area contributed by atoms with Crippen molar-refractivity contribution in [2.75, 3.05) is 0 Å². The zero-order chi connectivity index (χ0) is 37.2. The van der Waals surface area contributed by atoms with Gasteiger partial charge in [0, 0.05) is 60.3 Å². The highest BCUT2D eigenvalue weighted by atomic mass is 15.0. The minimum absolute atomic E-state index is 0.988. The van der Waals surface area contributed by atoms with E-state index in [4.69, 9.17) is 0 Å². The lowest BCUT2D eigenvalue weighted by molar-refractivity contribution is 0.898. The second-order valence-corrected chi connectivity index (χ2v) is 15.6. The van der Waals surface area contributed by atoms with Gasteiger partial charge in [-0.25, -0.2) is 0 Å². The highest BCUT2D eigenvalue weighted by molar-refractivity contribution is 6.24. The van der Waals surface area contributed by atoms with Crippen LogP contribution in [-0.4, -0.2) is 13.5 Å². The van der Waals surface area contributed by atoms with Gasteiger partial charge in [0.25, 0.3) is 0 Å². The SMILES string of the molecule is C1=C(c2ccc3c(c2)c2cc(-c4cc5c6ccccc6n6c7ccccc7c(c4)c56)ccc2n3-c2ccccc2)CCc2c1c1ccccc1n2-c1ccccc1. The number of benzene rings is 8. The Morgan fingerprint density at radius 2 is 0.825 bits per heavy atom. The summed E-state index contributed by atoms with van der Waals surface area (Å²) in [6.07, 6.45) is 4.45. The van der Waals surface area contributed by atoms with E-state index >= 15 is 0 Å². The summed E-state index contributed by atoms with van der Waals surface area (Å²) in [5.74, 6) is 0. The van der Waals surface area contributed by atoms with Crippen molar-refractivity contribution in [2.24, 2.45) is 0 Å². The summed E-state index contributed by atoms with van der Waals surface area (Å²) in [7, 11) is 0. The summed E-state index contributed by atoms with van der Waals surface area (Å²) < 4.78 is 7.36. The molecule has 0 bridgehead atoms. The molecule has 3 nitrogen and oxygen atoms in total. The molecule has 12 aromatic rings. The van der Waals surface area contributed by atoms with Crippen LogP contribution in [-0.2, 0) is 6.42 Å². The third kappa shape index (κ3) is 4.31. The second kappa shape index (κ2) is 11.6. The lowest BCUT2D eigenvalue weighted by Gasteiger charge is -2.18. The summed E-state index contributed by atoms with van der Waals surface area (Å²) in [6.45, 7) is 0. The minimum Gasteiger partial charge on any atom is -0.313 e. The van der Waals surface area contributed by atoms with Crippen LogP contribution < -0.4 is 0 Å². The third-order valence-electron chi connectivity index (χ3n) is 12.7. The first-order chi connectivity index (χ1) is 28.3. The normalized spacial score (nSPS) is 13.2. The van der Waals surface area contributed by atoms with Gasteiger partial charge in [0.1, 0.15) is 0 Å². The van der Waals surface area contributed by atoms with E-state index in [2.05, 4.69) is 202 Å². The molecule has 0 spiro atoms.